The third-order valence-corrected chi connectivity index (χ3v) is 3.96. The van der Waals surface area contributed by atoms with Gasteiger partial charge in [-0.1, -0.05) is 32.9 Å². The average Bonchev–Trinajstić information content (AvgIpc) is 2.37. The molecular weight excluding hydrogens is 332 g/mol. The van der Waals surface area contributed by atoms with Crippen molar-refractivity contribution in [2.75, 3.05) is 26.2 Å². The van der Waals surface area contributed by atoms with Crippen LogP contribution in [0.5, 0.6) is 0 Å². The van der Waals surface area contributed by atoms with Crippen LogP contribution in [0, 0.1) is 11.2 Å². The van der Waals surface area contributed by atoms with Crippen LogP contribution in [-0.2, 0) is 6.18 Å². The van der Waals surface area contributed by atoms with Crippen molar-refractivity contribution in [3.8, 4) is 0 Å². The molecule has 0 bridgehead atoms. The molecule has 0 spiro atoms. The Kier molecular flexibility index (Phi) is 6.47. The summed E-state index contributed by atoms with van der Waals surface area (Å²) in [6.45, 7) is 8.43. The Morgan fingerprint density at radius 2 is 1.65 bits per heavy atom. The highest BCUT2D eigenvalue weighted by atomic mass is 35.5. The van der Waals surface area contributed by atoms with Gasteiger partial charge in [-0.15, -0.1) is 12.4 Å². The predicted octanol–water partition coefficient (Wildman–Crippen LogP) is 4.26. The highest BCUT2D eigenvalue weighted by Crippen LogP contribution is 2.44. The zero-order valence-corrected chi connectivity index (χ0v) is 14.3. The first kappa shape index (κ1) is 20.2. The third kappa shape index (κ3) is 4.58. The lowest BCUT2D eigenvalue weighted by molar-refractivity contribution is -0.141. The lowest BCUT2D eigenvalue weighted by Gasteiger charge is -2.43. The Morgan fingerprint density at radius 3 is 2.13 bits per heavy atom. The van der Waals surface area contributed by atoms with Crippen molar-refractivity contribution in [3.63, 3.8) is 0 Å². The maximum atomic E-state index is 13.9. The molecule has 0 aliphatic carbocycles. The molecule has 132 valence electrons. The third-order valence-electron chi connectivity index (χ3n) is 3.96. The number of alkyl halides is 3. The van der Waals surface area contributed by atoms with Crippen molar-refractivity contribution in [1.82, 2.24) is 10.2 Å². The van der Waals surface area contributed by atoms with E-state index in [2.05, 4.69) is 5.32 Å². The fraction of sp³-hybridized carbons (Fsp3) is 0.625. The van der Waals surface area contributed by atoms with E-state index in [0.29, 0.717) is 13.1 Å². The van der Waals surface area contributed by atoms with Crippen LogP contribution in [0.1, 0.15) is 37.9 Å². The molecule has 0 unspecified atom stereocenters. The molecule has 2 nitrogen and oxygen atoms in total. The fourth-order valence-corrected chi connectivity index (χ4v) is 3.22. The molecule has 2 rings (SSSR count). The number of nitrogens with one attached hydrogen (secondary N) is 1. The number of piperazine rings is 1. The van der Waals surface area contributed by atoms with Gasteiger partial charge in [0, 0.05) is 32.2 Å². The first-order valence-electron chi connectivity index (χ1n) is 7.43. The topological polar surface area (TPSA) is 15.3 Å². The van der Waals surface area contributed by atoms with E-state index in [9.17, 15) is 17.6 Å². The Balaban J connectivity index is 0.00000264. The zero-order valence-electron chi connectivity index (χ0n) is 13.5. The number of benzene rings is 1. The van der Waals surface area contributed by atoms with Crippen molar-refractivity contribution < 1.29 is 17.6 Å². The van der Waals surface area contributed by atoms with Gasteiger partial charge in [0.1, 0.15) is 5.82 Å². The lowest BCUT2D eigenvalue weighted by atomic mass is 9.79. The summed E-state index contributed by atoms with van der Waals surface area (Å²) in [4.78, 5) is 2.01. The molecule has 1 fully saturated rings. The summed E-state index contributed by atoms with van der Waals surface area (Å²) in [6.07, 6.45) is -4.70. The van der Waals surface area contributed by atoms with Crippen molar-refractivity contribution in [2.24, 2.45) is 5.41 Å². The van der Waals surface area contributed by atoms with Gasteiger partial charge in [-0.25, -0.2) is 4.39 Å². The Hall–Kier alpha value is -0.850. The van der Waals surface area contributed by atoms with Crippen LogP contribution < -0.4 is 5.32 Å². The number of halogens is 5. The second-order valence-corrected chi connectivity index (χ2v) is 6.76. The van der Waals surface area contributed by atoms with Gasteiger partial charge >= 0.3 is 6.18 Å². The van der Waals surface area contributed by atoms with E-state index >= 15 is 0 Å². The van der Waals surface area contributed by atoms with Gasteiger partial charge < -0.3 is 5.32 Å². The minimum atomic E-state index is -4.70. The minimum absolute atomic E-state index is 0. The molecule has 1 aromatic rings. The van der Waals surface area contributed by atoms with E-state index in [1.165, 1.54) is 12.1 Å². The highest BCUT2D eigenvalue weighted by Gasteiger charge is 2.42. The quantitative estimate of drug-likeness (QED) is 0.798. The first-order valence-corrected chi connectivity index (χ1v) is 7.43. The number of nitrogens with zero attached hydrogens (tertiary/aromatic N) is 1. The molecule has 1 N–H and O–H groups in total. The predicted molar refractivity (Wildman–Crippen MR) is 85.3 cm³/mol. The second-order valence-electron chi connectivity index (χ2n) is 6.76. The van der Waals surface area contributed by atoms with E-state index in [1.54, 1.807) is 0 Å². The summed E-state index contributed by atoms with van der Waals surface area (Å²) in [5.41, 5.74) is -1.54. The van der Waals surface area contributed by atoms with Gasteiger partial charge in [-0.3, -0.25) is 4.90 Å². The molecule has 0 saturated carbocycles. The molecule has 0 radical (unpaired) electrons. The van der Waals surface area contributed by atoms with Crippen LogP contribution in [-0.4, -0.2) is 31.1 Å². The monoisotopic (exact) mass is 354 g/mol. The largest absolute Gasteiger partial charge is 0.419 e. The highest BCUT2D eigenvalue weighted by molar-refractivity contribution is 5.85. The van der Waals surface area contributed by atoms with Crippen molar-refractivity contribution in [1.29, 1.82) is 0 Å². The van der Waals surface area contributed by atoms with Crippen molar-refractivity contribution >= 4 is 12.4 Å². The van der Waals surface area contributed by atoms with Crippen LogP contribution in [0.4, 0.5) is 17.6 Å². The maximum Gasteiger partial charge on any atom is 0.419 e. The number of hydrogen-bond acceptors (Lipinski definition) is 2. The molecule has 1 saturated heterocycles. The standard InChI is InChI=1S/C16H22F4N2.ClH/c1-15(2,3)14(22-9-7-21-8-10-22)11-5-4-6-12(17)13(11)16(18,19)20;/h4-6,14,21H,7-10H2,1-3H3;1H/t14-;/m0./s1. The van der Waals surface area contributed by atoms with E-state index in [4.69, 9.17) is 0 Å². The molecular formula is C16H23ClF4N2. The van der Waals surface area contributed by atoms with E-state index in [0.717, 1.165) is 19.2 Å². The molecule has 1 aromatic carbocycles. The summed E-state index contributed by atoms with van der Waals surface area (Å²) >= 11 is 0. The summed E-state index contributed by atoms with van der Waals surface area (Å²) < 4.78 is 54.0. The molecule has 1 aliphatic heterocycles. The van der Waals surface area contributed by atoms with Gasteiger partial charge in [0.05, 0.1) is 5.56 Å². The van der Waals surface area contributed by atoms with Crippen LogP contribution in [0.3, 0.4) is 0 Å². The molecule has 7 heteroatoms. The molecule has 1 aliphatic rings. The van der Waals surface area contributed by atoms with Crippen LogP contribution in [0.25, 0.3) is 0 Å². The van der Waals surface area contributed by atoms with Gasteiger partial charge in [0.15, 0.2) is 0 Å². The number of rotatable bonds is 2. The summed E-state index contributed by atoms with van der Waals surface area (Å²) in [5, 5.41) is 3.19. The molecule has 1 atom stereocenters. The summed E-state index contributed by atoms with van der Waals surface area (Å²) in [6, 6.07) is 3.16. The maximum absolute atomic E-state index is 13.9. The van der Waals surface area contributed by atoms with Crippen molar-refractivity contribution in [3.05, 3.63) is 35.1 Å². The minimum Gasteiger partial charge on any atom is -0.314 e. The van der Waals surface area contributed by atoms with E-state index in [-0.39, 0.29) is 18.0 Å². The molecule has 23 heavy (non-hydrogen) atoms. The molecule has 1 heterocycles. The van der Waals surface area contributed by atoms with Gasteiger partial charge in [0.2, 0.25) is 0 Å². The van der Waals surface area contributed by atoms with E-state index in [1.807, 2.05) is 25.7 Å². The summed E-state index contributed by atoms with van der Waals surface area (Å²) in [7, 11) is 0. The first-order chi connectivity index (χ1) is 10.1. The normalized spacial score (nSPS) is 18.4. The zero-order chi connectivity index (χ0) is 16.5. The second kappa shape index (κ2) is 7.36. The van der Waals surface area contributed by atoms with Gasteiger partial charge in [-0.05, 0) is 17.0 Å². The van der Waals surface area contributed by atoms with Gasteiger partial charge in [-0.2, -0.15) is 13.2 Å². The SMILES string of the molecule is CC(C)(C)[C@H](c1cccc(F)c1C(F)(F)F)N1CCNCC1.Cl. The van der Waals surface area contributed by atoms with E-state index < -0.39 is 29.0 Å². The Morgan fingerprint density at radius 1 is 1.09 bits per heavy atom. The smallest absolute Gasteiger partial charge is 0.314 e. The fourth-order valence-electron chi connectivity index (χ4n) is 3.22. The van der Waals surface area contributed by atoms with Crippen LogP contribution in [0.2, 0.25) is 0 Å². The van der Waals surface area contributed by atoms with Gasteiger partial charge in [0.25, 0.3) is 0 Å². The number of hydrogen-bond donors (Lipinski definition) is 1. The molecule has 0 aromatic heterocycles. The summed E-state index contributed by atoms with van der Waals surface area (Å²) in [5.74, 6) is -1.20. The molecule has 0 amide bonds. The van der Waals surface area contributed by atoms with Crippen LogP contribution >= 0.6 is 12.4 Å². The van der Waals surface area contributed by atoms with Crippen molar-refractivity contribution in [2.45, 2.75) is 33.0 Å². The lowest BCUT2D eigenvalue weighted by Crippen LogP contribution is -2.48. The average molecular weight is 355 g/mol. The van der Waals surface area contributed by atoms with Crippen LogP contribution in [0.15, 0.2) is 18.2 Å². The Labute approximate surface area is 140 Å². The Bertz CT molecular complexity index is 520.